The molecule has 4 aliphatic carbocycles. The van der Waals surface area contributed by atoms with E-state index < -0.39 is 0 Å². The van der Waals surface area contributed by atoms with Gasteiger partial charge in [-0.15, -0.1) is 0 Å². The maximum absolute atomic E-state index is 3.76. The normalized spacial score (nSPS) is 14.1. The van der Waals surface area contributed by atoms with Crippen molar-refractivity contribution in [3.8, 4) is 66.8 Å². The highest BCUT2D eigenvalue weighted by molar-refractivity contribution is 6.15. The maximum atomic E-state index is 3.76. The zero-order valence-electron chi connectivity index (χ0n) is 71.0. The lowest BCUT2D eigenvalue weighted by Gasteiger charge is -2.31. The Morgan fingerprint density at radius 1 is 0.270 bits per heavy atom. The molecular weight excluding hydrogens is 1520 g/mol. The molecule has 126 heavy (non-hydrogen) atoms. The Balaban J connectivity index is 0.000000150. The molecule has 17 aromatic carbocycles. The summed E-state index contributed by atoms with van der Waals surface area (Å²) in [6.07, 6.45) is 41.0. The van der Waals surface area contributed by atoms with Crippen LogP contribution in [0.25, 0.3) is 115 Å². The van der Waals surface area contributed by atoms with E-state index >= 15 is 0 Å². The van der Waals surface area contributed by atoms with E-state index in [2.05, 4.69) is 429 Å². The molecular formula is C124H100N2. The fraction of sp³-hybridized carbons (Fsp3) is 0.0645. The number of benzene rings is 17. The number of hydrogen-bond acceptors (Lipinski definition) is 2. The summed E-state index contributed by atoms with van der Waals surface area (Å²) in [5.74, 6) is 0.416. The van der Waals surface area contributed by atoms with Gasteiger partial charge in [0.2, 0.25) is 0 Å². The molecule has 0 aliphatic heterocycles. The Kier molecular flexibility index (Phi) is 25.9. The molecule has 0 spiro atoms. The number of hydrogen-bond donors (Lipinski definition) is 0. The first-order valence-electron chi connectivity index (χ1n) is 44.2. The van der Waals surface area contributed by atoms with Crippen LogP contribution < -0.4 is 9.80 Å². The Morgan fingerprint density at radius 3 is 1.05 bits per heavy atom. The van der Waals surface area contributed by atoms with Crippen LogP contribution in [0.2, 0.25) is 0 Å². The van der Waals surface area contributed by atoms with Crippen LogP contribution in [0.3, 0.4) is 0 Å². The van der Waals surface area contributed by atoms with Gasteiger partial charge in [-0.1, -0.05) is 431 Å². The molecule has 0 N–H and O–H groups in total. The predicted octanol–water partition coefficient (Wildman–Crippen LogP) is 34.8. The van der Waals surface area contributed by atoms with Crippen molar-refractivity contribution in [3.63, 3.8) is 0 Å². The van der Waals surface area contributed by atoms with E-state index in [1.807, 2.05) is 91.0 Å². The monoisotopic (exact) mass is 1620 g/mol. The summed E-state index contributed by atoms with van der Waals surface area (Å²) in [6.45, 7) is 3.76. The summed E-state index contributed by atoms with van der Waals surface area (Å²) in [5.41, 5.74) is 30.1. The molecule has 0 aromatic heterocycles. The van der Waals surface area contributed by atoms with Gasteiger partial charge < -0.3 is 9.80 Å². The summed E-state index contributed by atoms with van der Waals surface area (Å²) in [5, 5.41) is 10.2. The summed E-state index contributed by atoms with van der Waals surface area (Å²) >= 11 is 0. The van der Waals surface area contributed by atoms with Crippen LogP contribution in [0, 0.1) is 5.92 Å². The molecule has 2 heteroatoms. The molecule has 1 atom stereocenters. The van der Waals surface area contributed by atoms with Gasteiger partial charge in [0.15, 0.2) is 0 Å². The minimum absolute atomic E-state index is 0.416. The van der Waals surface area contributed by atoms with Crippen LogP contribution in [0.5, 0.6) is 0 Å². The summed E-state index contributed by atoms with van der Waals surface area (Å²) in [7, 11) is 0. The molecule has 606 valence electrons. The number of nitrogens with zero attached hydrogens (tertiary/aromatic N) is 2. The summed E-state index contributed by atoms with van der Waals surface area (Å²) in [4.78, 5) is 4.83. The predicted molar refractivity (Wildman–Crippen MR) is 543 cm³/mol. The molecule has 17 aromatic rings. The minimum atomic E-state index is 0.416. The third-order valence-corrected chi connectivity index (χ3v) is 24.3. The zero-order chi connectivity index (χ0) is 84.8. The molecule has 0 saturated heterocycles. The Morgan fingerprint density at radius 2 is 0.627 bits per heavy atom. The van der Waals surface area contributed by atoms with Crippen molar-refractivity contribution >= 4 is 77.1 Å². The quantitative estimate of drug-likeness (QED) is 0.0480. The molecule has 1 unspecified atom stereocenters. The highest BCUT2D eigenvalue weighted by atomic mass is 15.2. The van der Waals surface area contributed by atoms with Crippen molar-refractivity contribution in [2.75, 3.05) is 9.80 Å². The first-order valence-corrected chi connectivity index (χ1v) is 44.2. The van der Waals surface area contributed by atoms with Gasteiger partial charge in [0.1, 0.15) is 0 Å². The highest BCUT2D eigenvalue weighted by Crippen LogP contribution is 2.45. The van der Waals surface area contributed by atoms with E-state index in [0.29, 0.717) is 5.92 Å². The van der Waals surface area contributed by atoms with E-state index in [1.54, 1.807) is 0 Å². The van der Waals surface area contributed by atoms with Gasteiger partial charge in [-0.2, -0.15) is 0 Å². The number of fused-ring (bicyclic) bond motifs is 5. The van der Waals surface area contributed by atoms with Crippen LogP contribution >= 0.6 is 0 Å². The first-order chi connectivity index (χ1) is 62.5. The smallest absolute Gasteiger partial charge is 0.0462 e. The molecule has 0 heterocycles. The van der Waals surface area contributed by atoms with Gasteiger partial charge in [0.05, 0.1) is 0 Å². The lowest BCUT2D eigenvalue weighted by molar-refractivity contribution is 0.825. The van der Waals surface area contributed by atoms with Gasteiger partial charge in [0.25, 0.3) is 0 Å². The molecule has 0 amide bonds. The van der Waals surface area contributed by atoms with Crippen molar-refractivity contribution in [2.24, 2.45) is 5.92 Å². The lowest BCUT2D eigenvalue weighted by Crippen LogP contribution is -2.18. The molecule has 0 bridgehead atoms. The van der Waals surface area contributed by atoms with Crippen LogP contribution in [0.15, 0.2) is 538 Å². The molecule has 0 saturated carbocycles. The van der Waals surface area contributed by atoms with E-state index in [-0.39, 0.29) is 0 Å². The van der Waals surface area contributed by atoms with Crippen molar-refractivity contribution in [1.82, 2.24) is 0 Å². The van der Waals surface area contributed by atoms with E-state index in [4.69, 9.17) is 0 Å². The van der Waals surface area contributed by atoms with Crippen LogP contribution in [-0.2, 0) is 0 Å². The van der Waals surface area contributed by atoms with Gasteiger partial charge in [-0.3, -0.25) is 0 Å². The maximum Gasteiger partial charge on any atom is 0.0462 e. The fourth-order valence-corrected chi connectivity index (χ4v) is 17.7. The van der Waals surface area contributed by atoms with Crippen LogP contribution in [0.1, 0.15) is 50.5 Å². The standard InChI is InChI=1S/C56H39N.C56H49N.2C6H6/c1-3-11-40(12-4-1)42-19-23-44(24-20-42)46-27-33-51(34-28-46)57(52-35-29-47(30-36-52)45-25-21-43(22-26-45)41-13-5-2-6-14-41)53-37-31-48(32-38-53)56-54-17-9-7-15-49(54)39-50-16-8-10-18-55(50)56;1-2-3-4-6-13-41-20-22-43(23-21-41)46-28-34-50(35-29-46)57(51-36-30-47(31-37-51)45-26-24-44(25-27-45)42-14-7-5-8-15-42)52-38-32-48(33-39-52)56-40-49-16-9-10-17-53(49)54-18-11-12-19-55(54)56;2*1-2-4-6-5-3-1/h1-39H;2-7,9-14,16-20,22-24,26,28-30,32-36,38-41H,1,8,15,21,25,27,31,37H2;2*1-6H/b;4-3-,13-6+;;. The third-order valence-electron chi connectivity index (χ3n) is 24.3. The van der Waals surface area contributed by atoms with E-state index in [9.17, 15) is 0 Å². The Labute approximate surface area is 743 Å². The second kappa shape index (κ2) is 40.0. The number of anilines is 5. The van der Waals surface area contributed by atoms with Crippen molar-refractivity contribution < 1.29 is 0 Å². The second-order valence-corrected chi connectivity index (χ2v) is 32.3. The summed E-state index contributed by atoms with van der Waals surface area (Å²) in [6, 6.07) is 148. The Hall–Kier alpha value is -15.5. The third kappa shape index (κ3) is 19.4. The zero-order valence-corrected chi connectivity index (χ0v) is 71.0. The molecule has 0 radical (unpaired) electrons. The highest BCUT2D eigenvalue weighted by Gasteiger charge is 2.23. The molecule has 2 nitrogen and oxygen atoms in total. The lowest BCUT2D eigenvalue weighted by atomic mass is 9.84. The number of rotatable bonds is 18. The van der Waals surface area contributed by atoms with Crippen LogP contribution in [-0.4, -0.2) is 0 Å². The van der Waals surface area contributed by atoms with Gasteiger partial charge in [0, 0.05) is 34.1 Å². The van der Waals surface area contributed by atoms with Crippen molar-refractivity contribution in [3.05, 3.63) is 544 Å². The first kappa shape index (κ1) is 81.5. The topological polar surface area (TPSA) is 6.48 Å². The van der Waals surface area contributed by atoms with E-state index in [1.165, 1.54) is 160 Å². The molecule has 21 rings (SSSR count). The molecule has 0 fully saturated rings. The van der Waals surface area contributed by atoms with Crippen LogP contribution in [0.4, 0.5) is 28.4 Å². The largest absolute Gasteiger partial charge is 0.314 e. The summed E-state index contributed by atoms with van der Waals surface area (Å²) < 4.78 is 0. The van der Waals surface area contributed by atoms with Gasteiger partial charge in [-0.25, -0.2) is 0 Å². The average Bonchev–Trinajstić information content (AvgIpc) is 0.762. The fourth-order valence-electron chi connectivity index (χ4n) is 17.7. The average molecular weight is 1620 g/mol. The second-order valence-electron chi connectivity index (χ2n) is 32.3. The minimum Gasteiger partial charge on any atom is -0.314 e. The van der Waals surface area contributed by atoms with E-state index in [0.717, 1.165) is 62.0 Å². The Bertz CT molecular complexity index is 6680. The van der Waals surface area contributed by atoms with Crippen molar-refractivity contribution in [1.29, 1.82) is 0 Å². The number of allylic oxidation sites excluding steroid dienone is 21. The molecule has 4 aliphatic rings. The van der Waals surface area contributed by atoms with Gasteiger partial charge >= 0.3 is 0 Å². The van der Waals surface area contributed by atoms with Crippen molar-refractivity contribution in [2.45, 2.75) is 44.9 Å². The SMILES string of the molecule is C=C/C=C\C=C\C1C=CC(c2ccc(N(C3=CC=C(C4=CC=C(C5=CC=CCC5)CC4)CC3)c3ccc(-c4cc5ccccc5c5ccccc45)cc3)cc2)=CC1.c1ccc(-c2ccc(-c3ccc(N(c4ccc(-c5ccc(-c6ccccc6)cc5)cc4)c4ccc(-c5c6ccccc6cc6ccccc56)cc4)cc3)cc2)cc1.c1ccccc1.c1ccccc1. The van der Waals surface area contributed by atoms with Gasteiger partial charge in [-0.05, 0) is 273 Å².